The van der Waals surface area contributed by atoms with Crippen LogP contribution in [-0.2, 0) is 25.8 Å². The summed E-state index contributed by atoms with van der Waals surface area (Å²) in [6.07, 6.45) is 1.73. The van der Waals surface area contributed by atoms with E-state index >= 15 is 0 Å². The van der Waals surface area contributed by atoms with Crippen LogP contribution in [-0.4, -0.2) is 21.0 Å². The fourth-order valence-corrected chi connectivity index (χ4v) is 2.59. The fourth-order valence-electron chi connectivity index (χ4n) is 2.38. The molecule has 0 aliphatic rings. The highest BCUT2D eigenvalue weighted by Gasteiger charge is 2.12. The first-order valence-corrected chi connectivity index (χ1v) is 7.48. The van der Waals surface area contributed by atoms with Crippen molar-refractivity contribution in [2.45, 2.75) is 45.8 Å². The Morgan fingerprint density at radius 3 is 2.70 bits per heavy atom. The lowest BCUT2D eigenvalue weighted by atomic mass is 10.0. The zero-order valence-electron chi connectivity index (χ0n) is 12.0. The van der Waals surface area contributed by atoms with E-state index in [4.69, 9.17) is 11.6 Å². The zero-order chi connectivity index (χ0) is 14.5. The summed E-state index contributed by atoms with van der Waals surface area (Å²) in [5.74, 6) is 0. The largest absolute Gasteiger partial charge is 0.392 e. The van der Waals surface area contributed by atoms with Crippen molar-refractivity contribution in [1.82, 2.24) is 9.78 Å². The van der Waals surface area contributed by atoms with Gasteiger partial charge in [0, 0.05) is 23.7 Å². The van der Waals surface area contributed by atoms with Crippen molar-refractivity contribution >= 4 is 11.6 Å². The summed E-state index contributed by atoms with van der Waals surface area (Å²) in [5.41, 5.74) is 3.24. The van der Waals surface area contributed by atoms with E-state index in [2.05, 4.69) is 25.0 Å². The lowest BCUT2D eigenvalue weighted by Crippen LogP contribution is -2.16. The van der Waals surface area contributed by atoms with E-state index in [1.807, 2.05) is 28.9 Å². The van der Waals surface area contributed by atoms with E-state index in [1.165, 1.54) is 0 Å². The van der Waals surface area contributed by atoms with Crippen LogP contribution in [0.15, 0.2) is 30.3 Å². The molecule has 108 valence electrons. The predicted octanol–water partition coefficient (Wildman–Crippen LogP) is 3.26. The summed E-state index contributed by atoms with van der Waals surface area (Å²) in [6, 6.07) is 9.74. The van der Waals surface area contributed by atoms with Crippen LogP contribution in [0, 0.1) is 0 Å². The number of aliphatic hydroxyl groups is 1. The van der Waals surface area contributed by atoms with Gasteiger partial charge in [-0.15, -0.1) is 0 Å². The molecule has 1 atom stereocenters. The molecule has 2 rings (SSSR count). The Morgan fingerprint density at radius 2 is 2.05 bits per heavy atom. The molecule has 3 nitrogen and oxygen atoms in total. The van der Waals surface area contributed by atoms with Crippen LogP contribution < -0.4 is 0 Å². The Kier molecular flexibility index (Phi) is 5.21. The van der Waals surface area contributed by atoms with Gasteiger partial charge in [0.05, 0.1) is 11.8 Å². The first-order chi connectivity index (χ1) is 9.62. The molecule has 0 saturated carbocycles. The summed E-state index contributed by atoms with van der Waals surface area (Å²) in [5, 5.41) is 15.5. The van der Waals surface area contributed by atoms with Gasteiger partial charge in [-0.1, -0.05) is 30.7 Å². The van der Waals surface area contributed by atoms with Gasteiger partial charge in [-0.05, 0) is 43.5 Å². The Balaban J connectivity index is 2.04. The molecule has 2 aromatic rings. The van der Waals surface area contributed by atoms with Crippen molar-refractivity contribution < 1.29 is 5.11 Å². The average molecular weight is 293 g/mol. The highest BCUT2D eigenvalue weighted by molar-refractivity contribution is 6.30. The smallest absolute Gasteiger partial charge is 0.0635 e. The Hall–Kier alpha value is -1.32. The Labute approximate surface area is 125 Å². The third kappa shape index (κ3) is 3.84. The van der Waals surface area contributed by atoms with Gasteiger partial charge in [-0.2, -0.15) is 5.10 Å². The standard InChI is InChI=1S/C16H21ClN2O/c1-3-14-10-15(19(4-2)18-14)11-16(20)9-12-6-5-7-13(17)8-12/h5-8,10,16,20H,3-4,9,11H2,1-2H3. The van der Waals surface area contributed by atoms with E-state index < -0.39 is 6.10 Å². The van der Waals surface area contributed by atoms with Crippen LogP contribution in [0.4, 0.5) is 0 Å². The van der Waals surface area contributed by atoms with Gasteiger partial charge in [0.15, 0.2) is 0 Å². The molecule has 0 amide bonds. The molecule has 0 saturated heterocycles. The number of hydrogen-bond acceptors (Lipinski definition) is 2. The first-order valence-electron chi connectivity index (χ1n) is 7.10. The molecule has 1 N–H and O–H groups in total. The monoisotopic (exact) mass is 292 g/mol. The van der Waals surface area contributed by atoms with Crippen molar-refractivity contribution in [3.05, 3.63) is 52.3 Å². The van der Waals surface area contributed by atoms with Gasteiger partial charge >= 0.3 is 0 Å². The van der Waals surface area contributed by atoms with Crippen LogP contribution in [0.2, 0.25) is 5.02 Å². The molecular weight excluding hydrogens is 272 g/mol. The second kappa shape index (κ2) is 6.91. The summed E-state index contributed by atoms with van der Waals surface area (Å²) in [7, 11) is 0. The van der Waals surface area contributed by atoms with Crippen LogP contribution in [0.1, 0.15) is 30.8 Å². The molecule has 0 spiro atoms. The maximum absolute atomic E-state index is 10.3. The third-order valence-corrected chi connectivity index (χ3v) is 3.62. The molecule has 1 aromatic heterocycles. The normalized spacial score (nSPS) is 12.6. The SMILES string of the molecule is CCc1cc(CC(O)Cc2cccc(Cl)c2)n(CC)n1. The highest BCUT2D eigenvalue weighted by Crippen LogP contribution is 2.15. The molecule has 1 unspecified atom stereocenters. The average Bonchev–Trinajstić information content (AvgIpc) is 2.80. The van der Waals surface area contributed by atoms with Gasteiger partial charge < -0.3 is 5.11 Å². The first kappa shape index (κ1) is 15.1. The number of halogens is 1. The van der Waals surface area contributed by atoms with Gasteiger partial charge in [0.1, 0.15) is 0 Å². The van der Waals surface area contributed by atoms with Gasteiger partial charge in [-0.25, -0.2) is 0 Å². The molecule has 0 fully saturated rings. The maximum Gasteiger partial charge on any atom is 0.0635 e. The second-order valence-electron chi connectivity index (χ2n) is 4.99. The lowest BCUT2D eigenvalue weighted by Gasteiger charge is -2.12. The minimum absolute atomic E-state index is 0.417. The van der Waals surface area contributed by atoms with Gasteiger partial charge in [-0.3, -0.25) is 4.68 Å². The molecule has 20 heavy (non-hydrogen) atoms. The van der Waals surface area contributed by atoms with E-state index in [9.17, 15) is 5.11 Å². The van der Waals surface area contributed by atoms with Crippen LogP contribution >= 0.6 is 11.6 Å². The molecule has 0 bridgehead atoms. The van der Waals surface area contributed by atoms with Crippen LogP contribution in [0.5, 0.6) is 0 Å². The fraction of sp³-hybridized carbons (Fsp3) is 0.438. The number of benzene rings is 1. The summed E-state index contributed by atoms with van der Waals surface area (Å²) in [6.45, 7) is 4.99. The number of nitrogens with zero attached hydrogens (tertiary/aromatic N) is 2. The number of aryl methyl sites for hydroxylation is 2. The number of aromatic nitrogens is 2. The molecule has 1 aromatic carbocycles. The lowest BCUT2D eigenvalue weighted by molar-refractivity contribution is 0.172. The summed E-state index contributed by atoms with van der Waals surface area (Å²) in [4.78, 5) is 0. The molecular formula is C16H21ClN2O. The van der Waals surface area contributed by atoms with Crippen molar-refractivity contribution in [2.75, 3.05) is 0 Å². The molecule has 0 aliphatic carbocycles. The van der Waals surface area contributed by atoms with Crippen molar-refractivity contribution in [3.63, 3.8) is 0 Å². The third-order valence-electron chi connectivity index (χ3n) is 3.38. The summed E-state index contributed by atoms with van der Waals surface area (Å²) < 4.78 is 1.97. The predicted molar refractivity (Wildman–Crippen MR) is 82.1 cm³/mol. The second-order valence-corrected chi connectivity index (χ2v) is 5.42. The molecule has 0 radical (unpaired) electrons. The van der Waals surface area contributed by atoms with E-state index in [1.54, 1.807) is 0 Å². The molecule has 0 aliphatic heterocycles. The molecule has 4 heteroatoms. The van der Waals surface area contributed by atoms with E-state index in [0.717, 1.165) is 29.9 Å². The Bertz CT molecular complexity index is 565. The van der Waals surface area contributed by atoms with Gasteiger partial charge in [0.25, 0.3) is 0 Å². The van der Waals surface area contributed by atoms with E-state index in [-0.39, 0.29) is 0 Å². The number of rotatable bonds is 6. The van der Waals surface area contributed by atoms with E-state index in [0.29, 0.717) is 17.9 Å². The molecule has 1 heterocycles. The minimum atomic E-state index is -0.417. The maximum atomic E-state index is 10.3. The summed E-state index contributed by atoms with van der Waals surface area (Å²) >= 11 is 5.96. The van der Waals surface area contributed by atoms with Crippen molar-refractivity contribution in [3.8, 4) is 0 Å². The van der Waals surface area contributed by atoms with Crippen molar-refractivity contribution in [1.29, 1.82) is 0 Å². The minimum Gasteiger partial charge on any atom is -0.392 e. The highest BCUT2D eigenvalue weighted by atomic mass is 35.5. The number of hydrogen-bond donors (Lipinski definition) is 1. The topological polar surface area (TPSA) is 38.0 Å². The Morgan fingerprint density at radius 1 is 1.25 bits per heavy atom. The van der Waals surface area contributed by atoms with Crippen molar-refractivity contribution in [2.24, 2.45) is 0 Å². The van der Waals surface area contributed by atoms with Crippen LogP contribution in [0.25, 0.3) is 0 Å². The number of aliphatic hydroxyl groups excluding tert-OH is 1. The quantitative estimate of drug-likeness (QED) is 0.887. The zero-order valence-corrected chi connectivity index (χ0v) is 12.8. The van der Waals surface area contributed by atoms with Gasteiger partial charge in [0.2, 0.25) is 0 Å². The van der Waals surface area contributed by atoms with Crippen LogP contribution in [0.3, 0.4) is 0 Å².